The van der Waals surface area contributed by atoms with Gasteiger partial charge in [-0.3, -0.25) is 0 Å². The number of hydrogen-bond donors (Lipinski definition) is 1. The monoisotopic (exact) mass is 304 g/mol. The minimum absolute atomic E-state index is 0. The Kier molecular flexibility index (Phi) is 6.54. The number of nitrogens with zero attached hydrogens (tertiary/aromatic N) is 1. The lowest BCUT2D eigenvalue weighted by Gasteiger charge is -2.13. The van der Waals surface area contributed by atoms with Crippen molar-refractivity contribution in [2.24, 2.45) is 5.73 Å². The van der Waals surface area contributed by atoms with E-state index in [4.69, 9.17) is 20.5 Å². The van der Waals surface area contributed by atoms with E-state index < -0.39 is 6.04 Å². The Morgan fingerprint density at radius 1 is 1.14 bits per heavy atom. The van der Waals surface area contributed by atoms with Crippen molar-refractivity contribution < 1.29 is 9.47 Å². The molecular weight excluding hydrogens is 288 g/mol. The van der Waals surface area contributed by atoms with Crippen molar-refractivity contribution in [2.75, 3.05) is 7.11 Å². The van der Waals surface area contributed by atoms with Gasteiger partial charge in [0.2, 0.25) is 0 Å². The largest absolute Gasteiger partial charge is 0.493 e. The van der Waals surface area contributed by atoms with E-state index in [0.717, 1.165) is 5.56 Å². The fourth-order valence-electron chi connectivity index (χ4n) is 1.81. The maximum absolute atomic E-state index is 8.83. The van der Waals surface area contributed by atoms with Gasteiger partial charge in [-0.05, 0) is 23.3 Å². The second kappa shape index (κ2) is 8.15. The molecule has 110 valence electrons. The van der Waals surface area contributed by atoms with Crippen molar-refractivity contribution >= 4 is 12.4 Å². The van der Waals surface area contributed by atoms with E-state index in [0.29, 0.717) is 23.7 Å². The highest BCUT2D eigenvalue weighted by atomic mass is 35.5. The van der Waals surface area contributed by atoms with E-state index in [2.05, 4.69) is 0 Å². The summed E-state index contributed by atoms with van der Waals surface area (Å²) in [7, 11) is 1.56. The number of benzene rings is 2. The molecule has 0 aliphatic heterocycles. The van der Waals surface area contributed by atoms with E-state index in [1.165, 1.54) is 0 Å². The van der Waals surface area contributed by atoms with Crippen LogP contribution in [0.4, 0.5) is 0 Å². The highest BCUT2D eigenvalue weighted by Crippen LogP contribution is 2.30. The summed E-state index contributed by atoms with van der Waals surface area (Å²) in [5.74, 6) is 1.20. The van der Waals surface area contributed by atoms with Gasteiger partial charge < -0.3 is 15.2 Å². The van der Waals surface area contributed by atoms with Crippen LogP contribution < -0.4 is 15.2 Å². The summed E-state index contributed by atoms with van der Waals surface area (Å²) in [5.41, 5.74) is 7.46. The molecule has 2 aromatic carbocycles. The molecule has 0 fully saturated rings. The normalized spacial score (nSPS) is 10.9. The van der Waals surface area contributed by atoms with Gasteiger partial charge in [0.1, 0.15) is 12.6 Å². The van der Waals surface area contributed by atoms with Gasteiger partial charge >= 0.3 is 0 Å². The molecule has 0 aliphatic rings. The van der Waals surface area contributed by atoms with Crippen molar-refractivity contribution in [2.45, 2.75) is 12.6 Å². The second-order valence-electron chi connectivity index (χ2n) is 4.29. The fourth-order valence-corrected chi connectivity index (χ4v) is 1.81. The van der Waals surface area contributed by atoms with E-state index in [1.54, 1.807) is 25.3 Å². The quantitative estimate of drug-likeness (QED) is 0.921. The van der Waals surface area contributed by atoms with Crippen LogP contribution in [0.3, 0.4) is 0 Å². The Hall–Kier alpha value is -2.22. The van der Waals surface area contributed by atoms with Crippen molar-refractivity contribution in [1.29, 1.82) is 5.26 Å². The number of methoxy groups -OCH3 is 1. The Balaban J connectivity index is 0.00000220. The zero-order valence-corrected chi connectivity index (χ0v) is 12.5. The van der Waals surface area contributed by atoms with Crippen LogP contribution in [0.5, 0.6) is 11.5 Å². The third-order valence-electron chi connectivity index (χ3n) is 2.92. The van der Waals surface area contributed by atoms with Crippen molar-refractivity contribution in [3.8, 4) is 17.6 Å². The second-order valence-corrected chi connectivity index (χ2v) is 4.29. The topological polar surface area (TPSA) is 68.3 Å². The lowest BCUT2D eigenvalue weighted by atomic mass is 10.1. The maximum Gasteiger partial charge on any atom is 0.161 e. The molecule has 0 aromatic heterocycles. The molecule has 0 radical (unpaired) electrons. The van der Waals surface area contributed by atoms with Gasteiger partial charge in [0, 0.05) is 0 Å². The molecule has 1 atom stereocenters. The van der Waals surface area contributed by atoms with E-state index in [-0.39, 0.29) is 12.4 Å². The van der Waals surface area contributed by atoms with Crippen LogP contribution in [0, 0.1) is 11.3 Å². The smallest absolute Gasteiger partial charge is 0.161 e. The number of halogens is 1. The molecule has 1 unspecified atom stereocenters. The molecule has 0 amide bonds. The first-order valence-electron chi connectivity index (χ1n) is 6.24. The molecule has 0 heterocycles. The zero-order valence-electron chi connectivity index (χ0n) is 11.7. The van der Waals surface area contributed by atoms with Crippen LogP contribution in [0.15, 0.2) is 48.5 Å². The Morgan fingerprint density at radius 3 is 2.48 bits per heavy atom. The van der Waals surface area contributed by atoms with Crippen LogP contribution in [0.25, 0.3) is 0 Å². The first-order chi connectivity index (χ1) is 9.74. The molecule has 2 rings (SSSR count). The average molecular weight is 305 g/mol. The highest BCUT2D eigenvalue weighted by Gasteiger charge is 2.10. The number of hydrogen-bond acceptors (Lipinski definition) is 4. The number of nitrogens with two attached hydrogens (primary N) is 1. The molecular formula is C16H17ClN2O2. The van der Waals surface area contributed by atoms with E-state index in [9.17, 15) is 0 Å². The number of ether oxygens (including phenoxy) is 2. The third-order valence-corrected chi connectivity index (χ3v) is 2.92. The predicted molar refractivity (Wildman–Crippen MR) is 83.6 cm³/mol. The SMILES string of the molecule is COc1cc(C(N)C#N)ccc1OCc1ccccc1.Cl. The van der Waals surface area contributed by atoms with E-state index in [1.807, 2.05) is 36.4 Å². The molecule has 0 saturated carbocycles. The summed E-state index contributed by atoms with van der Waals surface area (Å²) in [6.07, 6.45) is 0. The number of rotatable bonds is 5. The lowest BCUT2D eigenvalue weighted by molar-refractivity contribution is 0.284. The van der Waals surface area contributed by atoms with Crippen molar-refractivity contribution in [3.05, 3.63) is 59.7 Å². The molecule has 2 aromatic rings. The minimum atomic E-state index is -0.660. The molecule has 0 saturated heterocycles. The standard InChI is InChI=1S/C16H16N2O2.ClH/c1-19-16-9-13(14(18)10-17)7-8-15(16)20-11-12-5-3-2-4-6-12;/h2-9,14H,11,18H2,1H3;1H. The molecule has 2 N–H and O–H groups in total. The van der Waals surface area contributed by atoms with Crippen molar-refractivity contribution in [1.82, 2.24) is 0 Å². The lowest BCUT2D eigenvalue weighted by Crippen LogP contribution is -2.07. The highest BCUT2D eigenvalue weighted by molar-refractivity contribution is 5.85. The summed E-state index contributed by atoms with van der Waals surface area (Å²) in [4.78, 5) is 0. The molecule has 5 heteroatoms. The molecule has 0 bridgehead atoms. The number of nitriles is 1. The summed E-state index contributed by atoms with van der Waals surface area (Å²) >= 11 is 0. The van der Waals surface area contributed by atoms with Crippen LogP contribution in [0.1, 0.15) is 17.2 Å². The first-order valence-corrected chi connectivity index (χ1v) is 6.24. The van der Waals surface area contributed by atoms with Crippen LogP contribution in [-0.4, -0.2) is 7.11 Å². The Morgan fingerprint density at radius 2 is 1.86 bits per heavy atom. The van der Waals surface area contributed by atoms with Gasteiger partial charge in [0.25, 0.3) is 0 Å². The summed E-state index contributed by atoms with van der Waals surface area (Å²) in [5, 5.41) is 8.83. The van der Waals surface area contributed by atoms with Gasteiger partial charge in [0.15, 0.2) is 11.5 Å². The van der Waals surface area contributed by atoms with Gasteiger partial charge in [-0.1, -0.05) is 36.4 Å². The van der Waals surface area contributed by atoms with Gasteiger partial charge in [0.05, 0.1) is 13.2 Å². The zero-order chi connectivity index (χ0) is 14.4. The van der Waals surface area contributed by atoms with Crippen LogP contribution in [-0.2, 0) is 6.61 Å². The molecule has 0 aliphatic carbocycles. The van der Waals surface area contributed by atoms with Crippen molar-refractivity contribution in [3.63, 3.8) is 0 Å². The first kappa shape index (κ1) is 16.8. The third kappa shape index (κ3) is 4.38. The van der Waals surface area contributed by atoms with Gasteiger partial charge in [-0.25, -0.2) is 0 Å². The summed E-state index contributed by atoms with van der Waals surface area (Å²) < 4.78 is 11.0. The van der Waals surface area contributed by atoms with Gasteiger partial charge in [-0.15, -0.1) is 12.4 Å². The minimum Gasteiger partial charge on any atom is -0.493 e. The molecule has 0 spiro atoms. The van der Waals surface area contributed by atoms with Crippen LogP contribution >= 0.6 is 12.4 Å². The fraction of sp³-hybridized carbons (Fsp3) is 0.188. The molecule has 4 nitrogen and oxygen atoms in total. The predicted octanol–water partition coefficient (Wildman–Crippen LogP) is 3.22. The maximum atomic E-state index is 8.83. The Labute approximate surface area is 130 Å². The molecule has 21 heavy (non-hydrogen) atoms. The average Bonchev–Trinajstić information content (AvgIpc) is 2.53. The Bertz CT molecular complexity index is 611. The summed E-state index contributed by atoms with van der Waals surface area (Å²) in [6.45, 7) is 0.459. The van der Waals surface area contributed by atoms with Crippen LogP contribution in [0.2, 0.25) is 0 Å². The van der Waals surface area contributed by atoms with Gasteiger partial charge in [-0.2, -0.15) is 5.26 Å². The van der Waals surface area contributed by atoms with E-state index >= 15 is 0 Å². The summed E-state index contributed by atoms with van der Waals surface area (Å²) in [6, 6.07) is 16.5.